The van der Waals surface area contributed by atoms with Gasteiger partial charge in [-0.25, -0.2) is 4.98 Å². The van der Waals surface area contributed by atoms with Gasteiger partial charge in [0.1, 0.15) is 24.4 Å². The van der Waals surface area contributed by atoms with Crippen molar-refractivity contribution >= 4 is 39.7 Å². The summed E-state index contributed by atoms with van der Waals surface area (Å²) in [7, 11) is 4.87. The third-order valence-electron chi connectivity index (χ3n) is 6.60. The molecule has 10 nitrogen and oxygen atoms in total. The van der Waals surface area contributed by atoms with Gasteiger partial charge in [-0.3, -0.25) is 9.48 Å². The van der Waals surface area contributed by atoms with Crippen LogP contribution in [0.1, 0.15) is 12.0 Å². The highest BCUT2D eigenvalue weighted by Gasteiger charge is 2.33. The Morgan fingerprint density at radius 2 is 2.05 bits per heavy atom. The predicted molar refractivity (Wildman–Crippen MR) is 149 cm³/mol. The van der Waals surface area contributed by atoms with Gasteiger partial charge >= 0.3 is 0 Å². The van der Waals surface area contributed by atoms with Crippen LogP contribution in [0.15, 0.2) is 73.2 Å². The van der Waals surface area contributed by atoms with Crippen LogP contribution >= 0.6 is 11.6 Å². The molecule has 0 spiro atoms. The highest BCUT2D eigenvalue weighted by molar-refractivity contribution is 6.30. The van der Waals surface area contributed by atoms with E-state index >= 15 is 0 Å². The lowest BCUT2D eigenvalue weighted by atomic mass is 9.97. The molecule has 2 aromatic heterocycles. The number of carbonyl (C=O) groups is 1. The Balaban J connectivity index is 1.47. The average Bonchev–Trinajstić information content (AvgIpc) is 3.53. The van der Waals surface area contributed by atoms with E-state index < -0.39 is 18.2 Å². The quantitative estimate of drug-likeness (QED) is 0.314. The van der Waals surface area contributed by atoms with E-state index in [1.54, 1.807) is 48.3 Å². The minimum absolute atomic E-state index is 0.278. The molecule has 3 heterocycles. The largest absolute Gasteiger partial charge is 0.495 e. The Labute approximate surface area is 234 Å². The summed E-state index contributed by atoms with van der Waals surface area (Å²) in [6, 6.07) is 9.74. The molecule has 12 heteroatoms. The van der Waals surface area contributed by atoms with Crippen LogP contribution in [0.3, 0.4) is 0 Å². The SMILES string of the molecule is COCCC(C(=O)Nc1ccc2nn(C)cc2c1)N1C=C(OC)C(c2cc(Cl)ccc2-n2cnc(F)c2)=CC1O. The Morgan fingerprint density at radius 3 is 2.77 bits per heavy atom. The molecule has 1 aliphatic rings. The fourth-order valence-electron chi connectivity index (χ4n) is 4.74. The van der Waals surface area contributed by atoms with E-state index in [0.717, 1.165) is 10.9 Å². The topological polar surface area (TPSA) is 107 Å². The Bertz CT molecular complexity index is 1610. The van der Waals surface area contributed by atoms with E-state index in [0.29, 0.717) is 39.7 Å². The number of allylic oxidation sites excluding steroid dienone is 1. The molecule has 1 aliphatic heterocycles. The zero-order chi connectivity index (χ0) is 28.4. The molecule has 2 atom stereocenters. The van der Waals surface area contributed by atoms with Gasteiger partial charge in [-0.2, -0.15) is 9.49 Å². The maximum absolute atomic E-state index is 13.7. The third kappa shape index (κ3) is 5.57. The van der Waals surface area contributed by atoms with Crippen molar-refractivity contribution in [2.75, 3.05) is 26.1 Å². The molecule has 0 bridgehead atoms. The fourth-order valence-corrected chi connectivity index (χ4v) is 4.91. The van der Waals surface area contributed by atoms with E-state index in [2.05, 4.69) is 15.4 Å². The van der Waals surface area contributed by atoms with Crippen molar-refractivity contribution in [3.05, 3.63) is 89.7 Å². The first kappa shape index (κ1) is 27.4. The molecule has 40 heavy (non-hydrogen) atoms. The van der Waals surface area contributed by atoms with Crippen LogP contribution < -0.4 is 5.32 Å². The van der Waals surface area contributed by atoms with Crippen LogP contribution in [0.5, 0.6) is 0 Å². The first-order chi connectivity index (χ1) is 19.3. The van der Waals surface area contributed by atoms with Gasteiger partial charge in [-0.15, -0.1) is 0 Å². The van der Waals surface area contributed by atoms with Crippen molar-refractivity contribution in [1.29, 1.82) is 0 Å². The summed E-state index contributed by atoms with van der Waals surface area (Å²) >= 11 is 6.32. The minimum Gasteiger partial charge on any atom is -0.495 e. The van der Waals surface area contributed by atoms with Gasteiger partial charge in [0, 0.05) is 66.8 Å². The van der Waals surface area contributed by atoms with Gasteiger partial charge in [0.05, 0.1) is 24.5 Å². The molecule has 0 aliphatic carbocycles. The van der Waals surface area contributed by atoms with Crippen molar-refractivity contribution in [1.82, 2.24) is 24.2 Å². The van der Waals surface area contributed by atoms with Gasteiger partial charge in [-0.1, -0.05) is 11.6 Å². The molecule has 0 saturated carbocycles. The van der Waals surface area contributed by atoms with Crippen molar-refractivity contribution in [3.63, 3.8) is 0 Å². The summed E-state index contributed by atoms with van der Waals surface area (Å²) in [5.74, 6) is -0.594. The number of benzene rings is 2. The van der Waals surface area contributed by atoms with Gasteiger partial charge in [0.2, 0.25) is 11.9 Å². The highest BCUT2D eigenvalue weighted by Crippen LogP contribution is 2.35. The van der Waals surface area contributed by atoms with Crippen LogP contribution in [0, 0.1) is 5.95 Å². The van der Waals surface area contributed by atoms with Gasteiger partial charge in [0.15, 0.2) is 0 Å². The van der Waals surface area contributed by atoms with Crippen LogP contribution in [-0.2, 0) is 21.3 Å². The van der Waals surface area contributed by atoms with Crippen LogP contribution in [0.25, 0.3) is 22.2 Å². The fraction of sp³-hybridized carbons (Fsp3) is 0.250. The average molecular weight is 567 g/mol. The molecular weight excluding hydrogens is 539 g/mol. The van der Waals surface area contributed by atoms with Crippen LogP contribution in [0.2, 0.25) is 5.02 Å². The number of fused-ring (bicyclic) bond motifs is 1. The molecule has 4 aromatic rings. The molecular formula is C28H28ClFN6O4. The number of aromatic nitrogens is 4. The maximum Gasteiger partial charge on any atom is 0.247 e. The van der Waals surface area contributed by atoms with Gasteiger partial charge in [0.25, 0.3) is 0 Å². The number of anilines is 1. The zero-order valence-electron chi connectivity index (χ0n) is 22.1. The van der Waals surface area contributed by atoms with E-state index in [-0.39, 0.29) is 12.5 Å². The molecule has 208 valence electrons. The van der Waals surface area contributed by atoms with E-state index in [9.17, 15) is 14.3 Å². The first-order valence-corrected chi connectivity index (χ1v) is 12.8. The number of aliphatic hydroxyl groups excluding tert-OH is 1. The number of nitrogens with one attached hydrogen (secondary N) is 1. The van der Waals surface area contributed by atoms with Crippen molar-refractivity contribution < 1.29 is 23.8 Å². The summed E-state index contributed by atoms with van der Waals surface area (Å²) in [6.45, 7) is 0.278. The lowest BCUT2D eigenvalue weighted by molar-refractivity contribution is -0.123. The molecule has 1 amide bonds. The molecule has 0 saturated heterocycles. The molecule has 5 rings (SSSR count). The molecule has 2 unspecified atom stereocenters. The van der Waals surface area contributed by atoms with Crippen LogP contribution in [0.4, 0.5) is 10.1 Å². The van der Waals surface area contributed by atoms with E-state index in [4.69, 9.17) is 21.1 Å². The van der Waals surface area contributed by atoms with Crippen LogP contribution in [-0.4, -0.2) is 68.3 Å². The highest BCUT2D eigenvalue weighted by atomic mass is 35.5. The Hall–Kier alpha value is -4.19. The monoisotopic (exact) mass is 566 g/mol. The van der Waals surface area contributed by atoms with E-state index in [1.807, 2.05) is 25.4 Å². The Morgan fingerprint density at radius 1 is 1.23 bits per heavy atom. The molecule has 2 N–H and O–H groups in total. The number of imidazole rings is 1. The number of hydrogen-bond donors (Lipinski definition) is 2. The minimum atomic E-state index is -1.20. The summed E-state index contributed by atoms with van der Waals surface area (Å²) < 4.78 is 27.9. The van der Waals surface area contributed by atoms with Gasteiger partial charge in [-0.05, 0) is 42.5 Å². The summed E-state index contributed by atoms with van der Waals surface area (Å²) in [6.07, 6.45) is 6.70. The predicted octanol–water partition coefficient (Wildman–Crippen LogP) is 4.10. The molecule has 2 aromatic carbocycles. The van der Waals surface area contributed by atoms with E-state index in [1.165, 1.54) is 29.1 Å². The summed E-state index contributed by atoms with van der Waals surface area (Å²) in [5, 5.41) is 19.9. The number of amides is 1. The number of aryl methyl sites for hydroxylation is 1. The second kappa shape index (κ2) is 11.5. The maximum atomic E-state index is 13.7. The lowest BCUT2D eigenvalue weighted by Gasteiger charge is -2.36. The van der Waals surface area contributed by atoms with Crippen molar-refractivity contribution in [2.45, 2.75) is 18.7 Å². The normalized spacial score (nSPS) is 16.1. The number of hydrogen-bond acceptors (Lipinski definition) is 7. The number of ether oxygens (including phenoxy) is 2. The number of carbonyl (C=O) groups excluding carboxylic acids is 1. The zero-order valence-corrected chi connectivity index (χ0v) is 22.8. The molecule has 0 radical (unpaired) electrons. The standard InChI is InChI=1S/C28H28ClFN6O4/c1-34-13-17-10-19(5-6-22(17)33-34)32-28(38)24(8-9-39-2)36-14-25(40-3)21(12-27(36)37)20-11-18(29)4-7-23(20)35-15-26(30)31-16-35/h4-7,10-16,24,27,37H,8-9H2,1-3H3,(H,32,38). The Kier molecular flexibility index (Phi) is 7.88. The number of methoxy groups -OCH3 is 2. The number of nitrogens with zero attached hydrogens (tertiary/aromatic N) is 5. The number of rotatable bonds is 9. The number of aliphatic hydroxyl groups is 1. The third-order valence-corrected chi connectivity index (χ3v) is 6.83. The summed E-state index contributed by atoms with van der Waals surface area (Å²) in [5.41, 5.74) is 3.09. The smallest absolute Gasteiger partial charge is 0.247 e. The van der Waals surface area contributed by atoms with Crippen molar-refractivity contribution in [2.24, 2.45) is 7.05 Å². The lowest BCUT2D eigenvalue weighted by Crippen LogP contribution is -2.47. The first-order valence-electron chi connectivity index (χ1n) is 12.4. The second-order valence-corrected chi connectivity index (χ2v) is 9.70. The molecule has 0 fully saturated rings. The van der Waals surface area contributed by atoms with Crippen molar-refractivity contribution in [3.8, 4) is 5.69 Å². The summed E-state index contributed by atoms with van der Waals surface area (Å²) in [4.78, 5) is 18.7. The number of halogens is 2. The van der Waals surface area contributed by atoms with Gasteiger partial charge < -0.3 is 29.4 Å². The second-order valence-electron chi connectivity index (χ2n) is 9.27.